The maximum Gasteiger partial charge on any atom is 0.229 e. The summed E-state index contributed by atoms with van der Waals surface area (Å²) in [4.78, 5) is 14.9. The third kappa shape index (κ3) is 6.32. The summed E-state index contributed by atoms with van der Waals surface area (Å²) in [6, 6.07) is 21.5. The average molecular weight is 615 g/mol. The Labute approximate surface area is 260 Å². The Balaban J connectivity index is 1.24. The molecule has 2 N–H and O–H groups in total. The lowest BCUT2D eigenvalue weighted by molar-refractivity contribution is 0.141. The quantitative estimate of drug-likeness (QED) is 0.212. The highest BCUT2D eigenvalue weighted by molar-refractivity contribution is 7.92. The number of aromatic nitrogens is 2. The summed E-state index contributed by atoms with van der Waals surface area (Å²) in [7, 11) is -1.84. The van der Waals surface area contributed by atoms with Crippen LogP contribution in [0.5, 0.6) is 5.75 Å². The van der Waals surface area contributed by atoms with Gasteiger partial charge in [-0.15, -0.1) is 0 Å². The molecule has 44 heavy (non-hydrogen) atoms. The number of nitrogens with one attached hydrogen (secondary N) is 2. The number of benzene rings is 3. The first-order chi connectivity index (χ1) is 21.3. The minimum atomic E-state index is -3.52. The smallest absolute Gasteiger partial charge is 0.229 e. The summed E-state index contributed by atoms with van der Waals surface area (Å²) in [6.45, 7) is 7.93. The van der Waals surface area contributed by atoms with Crippen molar-refractivity contribution in [2.45, 2.75) is 62.1 Å². The molecular weight excluding hydrogens is 572 g/mol. The van der Waals surface area contributed by atoms with Gasteiger partial charge in [0.25, 0.3) is 0 Å². The Morgan fingerprint density at radius 2 is 1.57 bits per heavy atom. The van der Waals surface area contributed by atoms with Crippen molar-refractivity contribution in [3.05, 3.63) is 66.7 Å². The number of anilines is 5. The van der Waals surface area contributed by atoms with Gasteiger partial charge < -0.3 is 25.2 Å². The zero-order chi connectivity index (χ0) is 30.7. The van der Waals surface area contributed by atoms with Gasteiger partial charge in [-0.1, -0.05) is 30.7 Å². The van der Waals surface area contributed by atoms with Crippen LogP contribution in [-0.4, -0.2) is 67.9 Å². The van der Waals surface area contributed by atoms with Crippen LogP contribution < -0.4 is 20.3 Å². The molecule has 0 spiro atoms. The Morgan fingerprint density at radius 3 is 2.32 bits per heavy atom. The number of sulfone groups is 1. The molecule has 0 aliphatic carbocycles. The number of ether oxygens (including phenoxy) is 1. The van der Waals surface area contributed by atoms with Crippen molar-refractivity contribution in [1.82, 2.24) is 14.9 Å². The highest BCUT2D eigenvalue weighted by atomic mass is 32.2. The first-order valence-electron chi connectivity index (χ1n) is 15.6. The van der Waals surface area contributed by atoms with Crippen LogP contribution in [0.3, 0.4) is 0 Å². The second-order valence-corrected chi connectivity index (χ2v) is 14.4. The van der Waals surface area contributed by atoms with Gasteiger partial charge in [0.2, 0.25) is 5.95 Å². The lowest BCUT2D eigenvalue weighted by atomic mass is 9.99. The van der Waals surface area contributed by atoms with Gasteiger partial charge in [-0.3, -0.25) is 0 Å². The van der Waals surface area contributed by atoms with Gasteiger partial charge in [-0.05, 0) is 89.0 Å². The molecule has 9 nitrogen and oxygen atoms in total. The third-order valence-corrected chi connectivity index (χ3v) is 11.0. The number of nitrogens with zero attached hydrogens (tertiary/aromatic N) is 4. The molecule has 1 aromatic heterocycles. The predicted octanol–water partition coefficient (Wildman–Crippen LogP) is 6.76. The van der Waals surface area contributed by atoms with Crippen LogP contribution in [0.15, 0.2) is 71.6 Å². The number of piperidine rings is 2. The van der Waals surface area contributed by atoms with Gasteiger partial charge >= 0.3 is 0 Å². The molecule has 4 aromatic rings. The fraction of sp³-hybridized carbons (Fsp3) is 0.412. The van der Waals surface area contributed by atoms with Crippen molar-refractivity contribution < 1.29 is 13.2 Å². The first kappa shape index (κ1) is 30.1. The molecule has 6 rings (SSSR count). The molecule has 2 aliphatic heterocycles. The van der Waals surface area contributed by atoms with Crippen LogP contribution in [-0.2, 0) is 9.84 Å². The molecule has 0 atom stereocenters. The Kier molecular flexibility index (Phi) is 8.91. The average Bonchev–Trinajstić information content (AvgIpc) is 3.05. The zero-order valence-electron chi connectivity index (χ0n) is 25.8. The van der Waals surface area contributed by atoms with E-state index >= 15 is 0 Å². The van der Waals surface area contributed by atoms with Crippen molar-refractivity contribution in [3.8, 4) is 5.75 Å². The summed E-state index contributed by atoms with van der Waals surface area (Å²) in [5.74, 6) is 1.60. The van der Waals surface area contributed by atoms with E-state index in [-0.39, 0.29) is 4.90 Å². The predicted molar refractivity (Wildman–Crippen MR) is 179 cm³/mol. The maximum atomic E-state index is 13.1. The second kappa shape index (κ2) is 13.0. The van der Waals surface area contributed by atoms with E-state index in [9.17, 15) is 8.42 Å². The van der Waals surface area contributed by atoms with E-state index in [1.807, 2.05) is 36.4 Å². The van der Waals surface area contributed by atoms with E-state index in [0.717, 1.165) is 35.4 Å². The van der Waals surface area contributed by atoms with Crippen LogP contribution in [0.25, 0.3) is 10.9 Å². The fourth-order valence-corrected chi connectivity index (χ4v) is 7.50. The Hall–Kier alpha value is -3.89. The van der Waals surface area contributed by atoms with E-state index in [1.54, 1.807) is 39.2 Å². The number of fused-ring (bicyclic) bond motifs is 1. The number of para-hydroxylation sites is 2. The number of methoxy groups -OCH3 is 1. The summed E-state index contributed by atoms with van der Waals surface area (Å²) >= 11 is 0. The molecule has 2 fully saturated rings. The monoisotopic (exact) mass is 614 g/mol. The third-order valence-electron chi connectivity index (χ3n) is 8.84. The van der Waals surface area contributed by atoms with Crippen LogP contribution >= 0.6 is 0 Å². The molecule has 2 aliphatic rings. The van der Waals surface area contributed by atoms with Crippen molar-refractivity contribution in [1.29, 1.82) is 0 Å². The lowest BCUT2D eigenvalue weighted by Gasteiger charge is -2.41. The number of rotatable bonds is 9. The van der Waals surface area contributed by atoms with Crippen LogP contribution in [0, 0.1) is 0 Å². The van der Waals surface area contributed by atoms with Crippen LogP contribution in [0.2, 0.25) is 0 Å². The molecule has 2 saturated heterocycles. The lowest BCUT2D eigenvalue weighted by Crippen LogP contribution is -2.46. The number of likely N-dealkylation sites (tertiary alicyclic amines) is 1. The van der Waals surface area contributed by atoms with Gasteiger partial charge in [-0.2, -0.15) is 4.98 Å². The van der Waals surface area contributed by atoms with E-state index < -0.39 is 15.1 Å². The van der Waals surface area contributed by atoms with E-state index in [4.69, 9.17) is 14.7 Å². The van der Waals surface area contributed by atoms with Gasteiger partial charge in [0.1, 0.15) is 11.6 Å². The van der Waals surface area contributed by atoms with Gasteiger partial charge in [-0.25, -0.2) is 13.4 Å². The topological polar surface area (TPSA) is 99.7 Å². The highest BCUT2D eigenvalue weighted by Crippen LogP contribution is 2.35. The summed E-state index contributed by atoms with van der Waals surface area (Å²) in [6.07, 6.45) is 6.40. The molecule has 10 heteroatoms. The Bertz CT molecular complexity index is 1710. The largest absolute Gasteiger partial charge is 0.494 e. The Morgan fingerprint density at radius 1 is 0.841 bits per heavy atom. The fourth-order valence-electron chi connectivity index (χ4n) is 6.30. The molecule has 0 amide bonds. The van der Waals surface area contributed by atoms with E-state index in [1.165, 1.54) is 45.2 Å². The second-order valence-electron chi connectivity index (χ2n) is 12.0. The maximum absolute atomic E-state index is 13.1. The number of hydrogen-bond donors (Lipinski definition) is 2. The normalized spacial score (nSPS) is 16.8. The first-order valence-corrected chi connectivity index (χ1v) is 17.2. The molecule has 0 saturated carbocycles. The number of hydrogen-bond acceptors (Lipinski definition) is 9. The van der Waals surface area contributed by atoms with Crippen molar-refractivity contribution in [3.63, 3.8) is 0 Å². The minimum absolute atomic E-state index is 0.240. The van der Waals surface area contributed by atoms with Crippen molar-refractivity contribution in [2.75, 3.05) is 48.8 Å². The van der Waals surface area contributed by atoms with Gasteiger partial charge in [0.05, 0.1) is 34.1 Å². The highest BCUT2D eigenvalue weighted by Gasteiger charge is 2.26. The van der Waals surface area contributed by atoms with E-state index in [2.05, 4.69) is 32.6 Å². The molecule has 232 valence electrons. The van der Waals surface area contributed by atoms with E-state index in [0.29, 0.717) is 29.2 Å². The van der Waals surface area contributed by atoms with Crippen LogP contribution in [0.4, 0.5) is 28.8 Å². The SMILES string of the molecule is COc1cc(N2CCC(N3CCCCC3)CC2)ccc1Nc1nc(Nc2ccccc2S(=O)(=O)C(C)C)c2ccccc2n1. The molecular formula is C34H42N6O3S. The van der Waals surface area contributed by atoms with Gasteiger partial charge in [0, 0.05) is 36.3 Å². The molecule has 0 unspecified atom stereocenters. The van der Waals surface area contributed by atoms with Gasteiger partial charge in [0.15, 0.2) is 9.84 Å². The summed E-state index contributed by atoms with van der Waals surface area (Å²) in [5, 5.41) is 6.88. The van der Waals surface area contributed by atoms with Crippen molar-refractivity contribution in [2.24, 2.45) is 0 Å². The van der Waals surface area contributed by atoms with Crippen molar-refractivity contribution >= 4 is 49.6 Å². The molecule has 3 heterocycles. The molecule has 0 bridgehead atoms. The molecule has 3 aromatic carbocycles. The molecule has 0 radical (unpaired) electrons. The minimum Gasteiger partial charge on any atom is -0.494 e. The van der Waals surface area contributed by atoms with Crippen LogP contribution in [0.1, 0.15) is 46.0 Å². The zero-order valence-corrected chi connectivity index (χ0v) is 26.6. The summed E-state index contributed by atoms with van der Waals surface area (Å²) in [5.41, 5.74) is 3.10. The summed E-state index contributed by atoms with van der Waals surface area (Å²) < 4.78 is 32.0. The standard InChI is InChI=1S/C34H42N6O3S/c1-24(2)44(41,42)32-14-8-7-13-30(32)35-33-27-11-5-6-12-28(27)36-34(38-33)37-29-16-15-26(23-31(29)43-3)40-21-17-25(18-22-40)39-19-9-4-10-20-39/h5-8,11-16,23-25H,4,9-10,17-22H2,1-3H3,(H2,35,36,37,38).